The Morgan fingerprint density at radius 1 is 0.516 bits per heavy atom. The van der Waals surface area contributed by atoms with E-state index >= 15 is 0 Å². The highest BCUT2D eigenvalue weighted by molar-refractivity contribution is 7.26. The van der Waals surface area contributed by atoms with E-state index in [1.165, 1.54) is 103 Å². The summed E-state index contributed by atoms with van der Waals surface area (Å²) in [5.41, 5.74) is 16.1. The molecule has 1 heterocycles. The van der Waals surface area contributed by atoms with Crippen LogP contribution in [0.15, 0.2) is 206 Å². The molecule has 9 aromatic carbocycles. The summed E-state index contributed by atoms with van der Waals surface area (Å²) in [6, 6.07) is 68.6. The van der Waals surface area contributed by atoms with E-state index in [4.69, 9.17) is 0 Å². The third-order valence-corrected chi connectivity index (χ3v) is 15.2. The molecular formula is C60H45NS. The predicted octanol–water partition coefficient (Wildman–Crippen LogP) is 17.0. The molecule has 0 amide bonds. The van der Waals surface area contributed by atoms with Gasteiger partial charge < -0.3 is 4.90 Å². The van der Waals surface area contributed by atoms with Gasteiger partial charge in [-0.25, -0.2) is 0 Å². The first kappa shape index (κ1) is 36.8. The molecule has 1 nitrogen and oxygen atoms in total. The smallest absolute Gasteiger partial charge is 0.0674 e. The lowest BCUT2D eigenvalue weighted by molar-refractivity contribution is 0.660. The fraction of sp³-hybridized carbons (Fsp3) is 0.100. The van der Waals surface area contributed by atoms with E-state index in [1.807, 2.05) is 11.3 Å². The van der Waals surface area contributed by atoms with E-state index in [0.29, 0.717) is 0 Å². The van der Waals surface area contributed by atoms with E-state index in [9.17, 15) is 0 Å². The minimum atomic E-state index is -0.488. The van der Waals surface area contributed by atoms with Gasteiger partial charge in [-0.1, -0.05) is 183 Å². The van der Waals surface area contributed by atoms with Gasteiger partial charge in [0.2, 0.25) is 0 Å². The van der Waals surface area contributed by atoms with Gasteiger partial charge in [-0.3, -0.25) is 0 Å². The van der Waals surface area contributed by atoms with E-state index in [-0.39, 0.29) is 5.41 Å². The first-order valence-electron chi connectivity index (χ1n) is 21.8. The molecule has 0 radical (unpaired) electrons. The molecule has 0 bridgehead atoms. The summed E-state index contributed by atoms with van der Waals surface area (Å²) in [7, 11) is 0. The minimum absolute atomic E-state index is 0.144. The number of hydrogen-bond donors (Lipinski definition) is 0. The highest BCUT2D eigenvalue weighted by atomic mass is 32.1. The fourth-order valence-electron chi connectivity index (χ4n) is 11.2. The molecule has 1 aromatic heterocycles. The van der Waals surface area contributed by atoms with Crippen molar-refractivity contribution in [3.63, 3.8) is 0 Å². The van der Waals surface area contributed by atoms with Crippen LogP contribution in [0.5, 0.6) is 0 Å². The number of thiophene rings is 1. The van der Waals surface area contributed by atoms with Gasteiger partial charge in [-0.2, -0.15) is 0 Å². The second-order valence-electron chi connectivity index (χ2n) is 17.6. The Labute approximate surface area is 367 Å². The molecule has 2 aliphatic carbocycles. The zero-order chi connectivity index (χ0) is 41.7. The number of benzene rings is 9. The van der Waals surface area contributed by atoms with Crippen LogP contribution in [0.1, 0.15) is 55.5 Å². The average Bonchev–Trinajstić information content (AvgIpc) is 3.92. The van der Waals surface area contributed by atoms with Crippen molar-refractivity contribution in [2.75, 3.05) is 4.90 Å². The number of allylic oxidation sites excluding steroid dienone is 4. The van der Waals surface area contributed by atoms with Crippen LogP contribution in [0.2, 0.25) is 0 Å². The number of fused-ring (bicyclic) bond motifs is 13. The number of rotatable bonds is 6. The molecule has 1 atom stereocenters. The molecule has 10 aromatic rings. The van der Waals surface area contributed by atoms with Gasteiger partial charge in [0.1, 0.15) is 0 Å². The van der Waals surface area contributed by atoms with Gasteiger partial charge in [0.05, 0.1) is 11.1 Å². The number of hydrogen-bond acceptors (Lipinski definition) is 2. The summed E-state index contributed by atoms with van der Waals surface area (Å²) in [5, 5.41) is 7.61. The fourth-order valence-corrected chi connectivity index (χ4v) is 12.5. The normalized spacial score (nSPS) is 16.3. The molecule has 0 saturated carbocycles. The number of anilines is 3. The van der Waals surface area contributed by atoms with Gasteiger partial charge in [-0.15, -0.1) is 11.3 Å². The van der Waals surface area contributed by atoms with Crippen molar-refractivity contribution < 1.29 is 0 Å². The maximum absolute atomic E-state index is 2.55. The van der Waals surface area contributed by atoms with E-state index in [2.05, 4.69) is 233 Å². The van der Waals surface area contributed by atoms with Gasteiger partial charge in [-0.05, 0) is 111 Å². The summed E-state index contributed by atoms with van der Waals surface area (Å²) >= 11 is 1.93. The minimum Gasteiger partial charge on any atom is -0.310 e. The van der Waals surface area contributed by atoms with E-state index in [1.54, 1.807) is 0 Å². The highest BCUT2D eigenvalue weighted by Crippen LogP contribution is 2.61. The zero-order valence-corrected chi connectivity index (χ0v) is 36.2. The lowest BCUT2D eigenvalue weighted by Gasteiger charge is -2.35. The third kappa shape index (κ3) is 5.08. The Morgan fingerprint density at radius 2 is 1.18 bits per heavy atom. The lowest BCUT2D eigenvalue weighted by atomic mass is 9.67. The third-order valence-electron chi connectivity index (χ3n) is 14.0. The summed E-state index contributed by atoms with van der Waals surface area (Å²) in [6.07, 6.45) is 6.66. The van der Waals surface area contributed by atoms with Crippen LogP contribution in [-0.4, -0.2) is 0 Å². The second-order valence-corrected chi connectivity index (χ2v) is 18.6. The largest absolute Gasteiger partial charge is 0.310 e. The summed E-state index contributed by atoms with van der Waals surface area (Å²) in [5.74, 6) is 0. The molecule has 12 rings (SSSR count). The van der Waals surface area contributed by atoms with Crippen molar-refractivity contribution in [2.24, 2.45) is 0 Å². The van der Waals surface area contributed by atoms with Crippen LogP contribution in [0.25, 0.3) is 64.0 Å². The first-order valence-corrected chi connectivity index (χ1v) is 22.6. The molecule has 0 fully saturated rings. The summed E-state index contributed by atoms with van der Waals surface area (Å²) < 4.78 is 2.66. The Hall–Kier alpha value is -7.00. The van der Waals surface area contributed by atoms with Crippen LogP contribution in [0.3, 0.4) is 0 Å². The van der Waals surface area contributed by atoms with Crippen molar-refractivity contribution in [3.8, 4) is 22.3 Å². The monoisotopic (exact) mass is 811 g/mol. The van der Waals surface area contributed by atoms with Crippen molar-refractivity contribution >= 4 is 70.1 Å². The van der Waals surface area contributed by atoms with Crippen LogP contribution >= 0.6 is 11.3 Å². The van der Waals surface area contributed by atoms with Crippen LogP contribution in [0, 0.1) is 0 Å². The van der Waals surface area contributed by atoms with Crippen molar-refractivity contribution in [3.05, 3.63) is 234 Å². The SMILES string of the molecule is C/C=C\C=C(/C)C1(c2ccccc2)c2ccc(N(c3ccc4c(c3)C(C)(C)c3ccccc3-4)c3cc4ccccc4c4ccccc34)cc2-c2c1ccc1c2sc2ccccc21. The van der Waals surface area contributed by atoms with E-state index < -0.39 is 5.41 Å². The molecular weight excluding hydrogens is 767 g/mol. The topological polar surface area (TPSA) is 3.24 Å². The quantitative estimate of drug-likeness (QED) is 0.119. The molecule has 296 valence electrons. The van der Waals surface area contributed by atoms with Crippen LogP contribution < -0.4 is 4.90 Å². The van der Waals surface area contributed by atoms with Gasteiger partial charge in [0.15, 0.2) is 0 Å². The molecule has 2 aliphatic rings. The van der Waals surface area contributed by atoms with Gasteiger partial charge in [0, 0.05) is 47.9 Å². The summed E-state index contributed by atoms with van der Waals surface area (Å²) in [4.78, 5) is 2.55. The van der Waals surface area contributed by atoms with Gasteiger partial charge in [0.25, 0.3) is 0 Å². The molecule has 0 aliphatic heterocycles. The maximum Gasteiger partial charge on any atom is 0.0674 e. The zero-order valence-electron chi connectivity index (χ0n) is 35.4. The molecule has 1 unspecified atom stereocenters. The Bertz CT molecular complexity index is 3530. The molecule has 62 heavy (non-hydrogen) atoms. The van der Waals surface area contributed by atoms with Crippen LogP contribution in [0.4, 0.5) is 17.1 Å². The summed E-state index contributed by atoms with van der Waals surface area (Å²) in [6.45, 7) is 9.19. The average molecular weight is 812 g/mol. The molecule has 2 heteroatoms. The predicted molar refractivity (Wildman–Crippen MR) is 267 cm³/mol. The Morgan fingerprint density at radius 3 is 2.02 bits per heavy atom. The van der Waals surface area contributed by atoms with Crippen molar-refractivity contribution in [1.82, 2.24) is 0 Å². The molecule has 0 saturated heterocycles. The number of nitrogens with zero attached hydrogens (tertiary/aromatic N) is 1. The first-order chi connectivity index (χ1) is 30.4. The van der Waals surface area contributed by atoms with Crippen molar-refractivity contribution in [1.29, 1.82) is 0 Å². The maximum atomic E-state index is 2.55. The van der Waals surface area contributed by atoms with Crippen LogP contribution in [-0.2, 0) is 10.8 Å². The lowest BCUT2D eigenvalue weighted by Crippen LogP contribution is -2.28. The van der Waals surface area contributed by atoms with Crippen molar-refractivity contribution in [2.45, 2.75) is 38.5 Å². The Kier molecular flexibility index (Phi) is 8.17. The Balaban J connectivity index is 1.19. The molecule has 0 spiro atoms. The highest BCUT2D eigenvalue weighted by Gasteiger charge is 2.47. The standard InChI is InChI=1S/C60H45NS/c1-5-6-18-38(2)60(40-20-8-7-9-21-40)52-33-30-41(36-50(52)57-53(60)34-32-49-48-26-15-17-28-56(48)62-58(49)57)61(55-35-39-19-10-11-22-43(39)44-23-12-13-25-47(44)55)42-29-31-46-45-24-14-16-27-51(45)59(3,4)54(46)37-42/h5-37H,1-4H3/b6-5-,38-18+. The second kappa shape index (κ2) is 13.8. The van der Waals surface area contributed by atoms with Gasteiger partial charge >= 0.3 is 0 Å². The van der Waals surface area contributed by atoms with E-state index in [0.717, 1.165) is 11.4 Å². The molecule has 0 N–H and O–H groups in total.